The molecule has 3 nitrogen and oxygen atoms in total. The molecule has 1 fully saturated rings. The normalized spacial score (nSPS) is 20.3. The summed E-state index contributed by atoms with van der Waals surface area (Å²) in [5.74, 6) is 2.36. The highest BCUT2D eigenvalue weighted by Gasteiger charge is 2.27. The predicted octanol–water partition coefficient (Wildman–Crippen LogP) is 2.68. The van der Waals surface area contributed by atoms with Crippen molar-refractivity contribution in [3.8, 4) is 0 Å². The van der Waals surface area contributed by atoms with Crippen molar-refractivity contribution in [2.24, 2.45) is 17.6 Å². The van der Waals surface area contributed by atoms with E-state index in [4.69, 9.17) is 17.3 Å². The molecule has 2 heterocycles. The van der Waals surface area contributed by atoms with Crippen LogP contribution in [0.15, 0.2) is 12.3 Å². The number of nitrogens with zero attached hydrogens (tertiary/aromatic N) is 2. The molecule has 2 N–H and O–H groups in total. The van der Waals surface area contributed by atoms with Crippen molar-refractivity contribution in [3.05, 3.63) is 22.8 Å². The van der Waals surface area contributed by atoms with E-state index in [1.807, 2.05) is 6.07 Å². The van der Waals surface area contributed by atoms with Gasteiger partial charge in [0.15, 0.2) is 0 Å². The van der Waals surface area contributed by atoms with Crippen LogP contribution in [0.4, 0.5) is 5.82 Å². The lowest BCUT2D eigenvalue weighted by Crippen LogP contribution is -2.23. The first-order chi connectivity index (χ1) is 8.13. The molecule has 0 aliphatic carbocycles. The SMILES string of the molecule is CC(C)C1CCN(c2nccc(CN)c2Cl)C1. The molecule has 0 aromatic carbocycles. The highest BCUT2D eigenvalue weighted by molar-refractivity contribution is 6.33. The third-order valence-corrected chi connectivity index (χ3v) is 4.05. The Morgan fingerprint density at radius 1 is 1.59 bits per heavy atom. The van der Waals surface area contributed by atoms with Gasteiger partial charge in [-0.05, 0) is 29.9 Å². The summed E-state index contributed by atoms with van der Waals surface area (Å²) in [5.41, 5.74) is 6.64. The van der Waals surface area contributed by atoms with Crippen LogP contribution < -0.4 is 10.6 Å². The van der Waals surface area contributed by atoms with E-state index in [0.29, 0.717) is 6.54 Å². The molecular weight excluding hydrogens is 234 g/mol. The molecule has 0 saturated carbocycles. The van der Waals surface area contributed by atoms with Crippen LogP contribution in [-0.2, 0) is 6.54 Å². The molecule has 0 amide bonds. The molecule has 1 saturated heterocycles. The van der Waals surface area contributed by atoms with E-state index >= 15 is 0 Å². The minimum Gasteiger partial charge on any atom is -0.355 e. The van der Waals surface area contributed by atoms with E-state index in [1.54, 1.807) is 6.20 Å². The van der Waals surface area contributed by atoms with Crippen molar-refractivity contribution < 1.29 is 0 Å². The van der Waals surface area contributed by atoms with Gasteiger partial charge < -0.3 is 10.6 Å². The van der Waals surface area contributed by atoms with Gasteiger partial charge in [-0.2, -0.15) is 0 Å². The Kier molecular flexibility index (Phi) is 3.89. The molecule has 0 spiro atoms. The summed E-state index contributed by atoms with van der Waals surface area (Å²) < 4.78 is 0. The van der Waals surface area contributed by atoms with Crippen LogP contribution >= 0.6 is 11.6 Å². The summed E-state index contributed by atoms with van der Waals surface area (Å²) in [5, 5.41) is 0.722. The zero-order chi connectivity index (χ0) is 12.4. The molecule has 0 radical (unpaired) electrons. The first-order valence-electron chi connectivity index (χ1n) is 6.22. The van der Waals surface area contributed by atoms with E-state index in [-0.39, 0.29) is 0 Å². The standard InChI is InChI=1S/C13H20ClN3/c1-9(2)11-4-6-17(8-11)13-12(14)10(7-15)3-5-16-13/h3,5,9,11H,4,6-8,15H2,1-2H3. The zero-order valence-electron chi connectivity index (χ0n) is 10.5. The van der Waals surface area contributed by atoms with Crippen LogP contribution in [0, 0.1) is 11.8 Å². The first-order valence-corrected chi connectivity index (χ1v) is 6.59. The quantitative estimate of drug-likeness (QED) is 0.901. The second-order valence-electron chi connectivity index (χ2n) is 5.05. The summed E-state index contributed by atoms with van der Waals surface area (Å²) in [6, 6.07) is 1.89. The first kappa shape index (κ1) is 12.7. The molecule has 1 aliphatic heterocycles. The van der Waals surface area contributed by atoms with Crippen molar-refractivity contribution >= 4 is 17.4 Å². The molecule has 1 atom stereocenters. The zero-order valence-corrected chi connectivity index (χ0v) is 11.2. The van der Waals surface area contributed by atoms with E-state index in [1.165, 1.54) is 6.42 Å². The summed E-state index contributed by atoms with van der Waals surface area (Å²) in [4.78, 5) is 6.68. The highest BCUT2D eigenvalue weighted by Crippen LogP contribution is 2.32. The minimum atomic E-state index is 0.468. The second kappa shape index (κ2) is 5.23. The molecule has 17 heavy (non-hydrogen) atoms. The molecule has 94 valence electrons. The number of hydrogen-bond acceptors (Lipinski definition) is 3. The third kappa shape index (κ3) is 2.55. The molecule has 1 aromatic heterocycles. The summed E-state index contributed by atoms with van der Waals surface area (Å²) >= 11 is 6.33. The number of hydrogen-bond donors (Lipinski definition) is 1. The van der Waals surface area contributed by atoms with Crippen molar-refractivity contribution in [2.45, 2.75) is 26.8 Å². The van der Waals surface area contributed by atoms with Gasteiger partial charge in [-0.15, -0.1) is 0 Å². The van der Waals surface area contributed by atoms with Crippen LogP contribution in [0.25, 0.3) is 0 Å². The van der Waals surface area contributed by atoms with Crippen LogP contribution in [0.3, 0.4) is 0 Å². The van der Waals surface area contributed by atoms with Crippen LogP contribution in [0.1, 0.15) is 25.8 Å². The minimum absolute atomic E-state index is 0.468. The average molecular weight is 254 g/mol. The fourth-order valence-corrected chi connectivity index (χ4v) is 2.68. The number of pyridine rings is 1. The Morgan fingerprint density at radius 3 is 2.94 bits per heavy atom. The maximum absolute atomic E-state index is 6.33. The van der Waals surface area contributed by atoms with Gasteiger partial charge in [-0.3, -0.25) is 0 Å². The lowest BCUT2D eigenvalue weighted by atomic mass is 9.95. The monoisotopic (exact) mass is 253 g/mol. The Labute approximate surface area is 108 Å². The van der Waals surface area contributed by atoms with Gasteiger partial charge in [0.1, 0.15) is 5.82 Å². The number of anilines is 1. The fraction of sp³-hybridized carbons (Fsp3) is 0.615. The van der Waals surface area contributed by atoms with Crippen molar-refractivity contribution in [1.29, 1.82) is 0 Å². The smallest absolute Gasteiger partial charge is 0.147 e. The van der Waals surface area contributed by atoms with Crippen molar-refractivity contribution in [2.75, 3.05) is 18.0 Å². The molecule has 1 aromatic rings. The number of aromatic nitrogens is 1. The van der Waals surface area contributed by atoms with Gasteiger partial charge in [-0.25, -0.2) is 4.98 Å². The van der Waals surface area contributed by atoms with Gasteiger partial charge in [0, 0.05) is 25.8 Å². The topological polar surface area (TPSA) is 42.2 Å². The van der Waals surface area contributed by atoms with Crippen LogP contribution in [0.2, 0.25) is 5.02 Å². The van der Waals surface area contributed by atoms with Crippen LogP contribution in [0.5, 0.6) is 0 Å². The Bertz CT molecular complexity index is 392. The van der Waals surface area contributed by atoms with E-state index in [2.05, 4.69) is 23.7 Å². The van der Waals surface area contributed by atoms with Crippen molar-refractivity contribution in [1.82, 2.24) is 4.98 Å². The predicted molar refractivity (Wildman–Crippen MR) is 72.3 cm³/mol. The maximum Gasteiger partial charge on any atom is 0.147 e. The molecule has 2 rings (SSSR count). The highest BCUT2D eigenvalue weighted by atomic mass is 35.5. The van der Waals surface area contributed by atoms with E-state index in [9.17, 15) is 0 Å². The molecule has 1 unspecified atom stereocenters. The van der Waals surface area contributed by atoms with Crippen LogP contribution in [-0.4, -0.2) is 18.1 Å². The lowest BCUT2D eigenvalue weighted by Gasteiger charge is -2.20. The Hall–Kier alpha value is -0.800. The number of rotatable bonds is 3. The largest absolute Gasteiger partial charge is 0.355 e. The number of halogens is 1. The molecule has 1 aliphatic rings. The lowest BCUT2D eigenvalue weighted by molar-refractivity contribution is 0.422. The van der Waals surface area contributed by atoms with Gasteiger partial charge in [0.25, 0.3) is 0 Å². The maximum atomic E-state index is 6.33. The molecule has 0 bridgehead atoms. The van der Waals surface area contributed by atoms with E-state index < -0.39 is 0 Å². The van der Waals surface area contributed by atoms with Crippen molar-refractivity contribution in [3.63, 3.8) is 0 Å². The molecule has 4 heteroatoms. The summed E-state index contributed by atoms with van der Waals surface area (Å²) in [7, 11) is 0. The van der Waals surface area contributed by atoms with Gasteiger partial charge in [-0.1, -0.05) is 25.4 Å². The average Bonchev–Trinajstić information content (AvgIpc) is 2.78. The molecular formula is C13H20ClN3. The van der Waals surface area contributed by atoms with E-state index in [0.717, 1.165) is 41.3 Å². The second-order valence-corrected chi connectivity index (χ2v) is 5.43. The summed E-state index contributed by atoms with van der Waals surface area (Å²) in [6.45, 7) is 7.12. The third-order valence-electron chi connectivity index (χ3n) is 3.64. The van der Waals surface area contributed by atoms with Gasteiger partial charge in [0.2, 0.25) is 0 Å². The summed E-state index contributed by atoms with van der Waals surface area (Å²) in [6.07, 6.45) is 3.02. The Balaban J connectivity index is 2.19. The fourth-order valence-electron chi connectivity index (χ4n) is 2.37. The van der Waals surface area contributed by atoms with Gasteiger partial charge in [0.05, 0.1) is 5.02 Å². The Morgan fingerprint density at radius 2 is 2.35 bits per heavy atom. The van der Waals surface area contributed by atoms with Gasteiger partial charge >= 0.3 is 0 Å². The number of nitrogens with two attached hydrogens (primary N) is 1.